The summed E-state index contributed by atoms with van der Waals surface area (Å²) in [6.45, 7) is 6.97. The molecule has 0 heterocycles. The number of hydrogen-bond acceptors (Lipinski definition) is 3. The lowest BCUT2D eigenvalue weighted by atomic mass is 9.87. The van der Waals surface area contributed by atoms with Crippen LogP contribution in [0.1, 0.15) is 86.8 Å². The van der Waals surface area contributed by atoms with E-state index in [0.29, 0.717) is 18.6 Å². The number of carbonyl (C=O) groups excluding carboxylic acids is 2. The zero-order chi connectivity index (χ0) is 23.6. The molecule has 3 rings (SSSR count). The maximum Gasteiger partial charge on any atom is 0.251 e. The standard InChI is InChI=1S/C28H38N2O3/c1-4-5-8-18-33-23-16-14-22(15-17-23)27(31)30-26(19-20(2)3)28(32)29-25-13-9-11-21-10-6-7-12-24(21)25/h6-7,10,12,14-17,20,25-26H,4-5,8-9,11,13,18-19H2,1-3H3,(H,29,32)(H,30,31)/t25?,26-/m0/s1. The zero-order valence-electron chi connectivity index (χ0n) is 20.2. The lowest BCUT2D eigenvalue weighted by Crippen LogP contribution is -2.48. The van der Waals surface area contributed by atoms with Crippen molar-refractivity contribution >= 4 is 11.8 Å². The molecule has 1 aliphatic rings. The van der Waals surface area contributed by atoms with Gasteiger partial charge in [-0.1, -0.05) is 57.9 Å². The van der Waals surface area contributed by atoms with Crippen molar-refractivity contribution in [3.05, 3.63) is 65.2 Å². The molecule has 178 valence electrons. The second kappa shape index (κ2) is 12.4. The molecule has 1 aliphatic carbocycles. The number of benzene rings is 2. The Morgan fingerprint density at radius 3 is 2.55 bits per heavy atom. The maximum atomic E-state index is 13.2. The molecule has 0 aliphatic heterocycles. The van der Waals surface area contributed by atoms with Gasteiger partial charge in [0.1, 0.15) is 11.8 Å². The highest BCUT2D eigenvalue weighted by Gasteiger charge is 2.27. The van der Waals surface area contributed by atoms with Crippen molar-refractivity contribution in [2.45, 2.75) is 77.8 Å². The summed E-state index contributed by atoms with van der Waals surface area (Å²) in [7, 11) is 0. The lowest BCUT2D eigenvalue weighted by Gasteiger charge is -2.29. The predicted molar refractivity (Wildman–Crippen MR) is 132 cm³/mol. The van der Waals surface area contributed by atoms with Gasteiger partial charge in [0, 0.05) is 5.56 Å². The van der Waals surface area contributed by atoms with Crippen LogP contribution in [0.2, 0.25) is 0 Å². The van der Waals surface area contributed by atoms with Crippen LogP contribution >= 0.6 is 0 Å². The third kappa shape index (κ3) is 7.34. The minimum Gasteiger partial charge on any atom is -0.494 e. The van der Waals surface area contributed by atoms with Gasteiger partial charge in [-0.3, -0.25) is 9.59 Å². The number of nitrogens with one attached hydrogen (secondary N) is 2. The highest BCUT2D eigenvalue weighted by atomic mass is 16.5. The molecule has 0 aromatic heterocycles. The first kappa shape index (κ1) is 24.8. The van der Waals surface area contributed by atoms with Gasteiger partial charge in [0.05, 0.1) is 12.6 Å². The highest BCUT2D eigenvalue weighted by Crippen LogP contribution is 2.29. The van der Waals surface area contributed by atoms with E-state index < -0.39 is 6.04 Å². The van der Waals surface area contributed by atoms with Crippen LogP contribution in [0.25, 0.3) is 0 Å². The van der Waals surface area contributed by atoms with Crippen LogP contribution in [-0.2, 0) is 11.2 Å². The summed E-state index contributed by atoms with van der Waals surface area (Å²) in [5.74, 6) is 0.681. The van der Waals surface area contributed by atoms with Gasteiger partial charge < -0.3 is 15.4 Å². The van der Waals surface area contributed by atoms with E-state index in [9.17, 15) is 9.59 Å². The molecule has 2 N–H and O–H groups in total. The van der Waals surface area contributed by atoms with Crippen LogP contribution in [0, 0.1) is 5.92 Å². The molecule has 2 aromatic rings. The third-order valence-corrected chi connectivity index (χ3v) is 6.15. The number of carbonyl (C=O) groups is 2. The molecule has 2 aromatic carbocycles. The smallest absolute Gasteiger partial charge is 0.251 e. The van der Waals surface area contributed by atoms with E-state index in [4.69, 9.17) is 4.74 Å². The molecule has 0 fully saturated rings. The summed E-state index contributed by atoms with van der Waals surface area (Å²) in [6, 6.07) is 14.9. The van der Waals surface area contributed by atoms with Crippen molar-refractivity contribution in [3.63, 3.8) is 0 Å². The zero-order valence-corrected chi connectivity index (χ0v) is 20.2. The first-order valence-electron chi connectivity index (χ1n) is 12.4. The van der Waals surface area contributed by atoms with Gasteiger partial charge in [-0.15, -0.1) is 0 Å². The SMILES string of the molecule is CCCCCOc1ccc(C(=O)N[C@@H](CC(C)C)C(=O)NC2CCCc3ccccc32)cc1. The van der Waals surface area contributed by atoms with Crippen molar-refractivity contribution in [2.75, 3.05) is 6.61 Å². The average molecular weight is 451 g/mol. The average Bonchev–Trinajstić information content (AvgIpc) is 2.81. The van der Waals surface area contributed by atoms with E-state index in [1.165, 1.54) is 11.1 Å². The molecule has 2 amide bonds. The van der Waals surface area contributed by atoms with E-state index in [-0.39, 0.29) is 23.8 Å². The Labute approximate surface area is 198 Å². The Morgan fingerprint density at radius 1 is 1.06 bits per heavy atom. The fraction of sp³-hybridized carbons (Fsp3) is 0.500. The van der Waals surface area contributed by atoms with E-state index in [0.717, 1.165) is 44.3 Å². The van der Waals surface area contributed by atoms with Crippen molar-refractivity contribution < 1.29 is 14.3 Å². The molecule has 2 atom stereocenters. The van der Waals surface area contributed by atoms with E-state index in [1.54, 1.807) is 12.1 Å². The molecule has 5 heteroatoms. The molecule has 0 saturated carbocycles. The number of amides is 2. The summed E-state index contributed by atoms with van der Waals surface area (Å²) in [6.07, 6.45) is 6.93. The minimum absolute atomic E-state index is 0.00171. The molecule has 1 unspecified atom stereocenters. The van der Waals surface area contributed by atoms with Gasteiger partial charge in [-0.2, -0.15) is 0 Å². The maximum absolute atomic E-state index is 13.2. The van der Waals surface area contributed by atoms with Gasteiger partial charge in [0.25, 0.3) is 5.91 Å². The largest absolute Gasteiger partial charge is 0.494 e. The fourth-order valence-electron chi connectivity index (χ4n) is 4.37. The van der Waals surface area contributed by atoms with Crippen LogP contribution in [-0.4, -0.2) is 24.5 Å². The normalized spacial score (nSPS) is 16.1. The fourth-order valence-corrected chi connectivity index (χ4v) is 4.37. The molecule has 5 nitrogen and oxygen atoms in total. The van der Waals surface area contributed by atoms with Gasteiger partial charge >= 0.3 is 0 Å². The van der Waals surface area contributed by atoms with Crippen LogP contribution in [0.15, 0.2) is 48.5 Å². The predicted octanol–water partition coefficient (Wildman–Crippen LogP) is 5.59. The van der Waals surface area contributed by atoms with Crippen LogP contribution in [0.4, 0.5) is 0 Å². The molecule has 0 saturated heterocycles. The second-order valence-electron chi connectivity index (χ2n) is 9.39. The van der Waals surface area contributed by atoms with E-state index >= 15 is 0 Å². The summed E-state index contributed by atoms with van der Waals surface area (Å²) < 4.78 is 5.73. The summed E-state index contributed by atoms with van der Waals surface area (Å²) in [5.41, 5.74) is 3.03. The molecular weight excluding hydrogens is 412 g/mol. The van der Waals surface area contributed by atoms with Crippen molar-refractivity contribution in [1.29, 1.82) is 0 Å². The Balaban J connectivity index is 1.62. The van der Waals surface area contributed by atoms with Gasteiger partial charge in [0.15, 0.2) is 0 Å². The van der Waals surface area contributed by atoms with E-state index in [2.05, 4.69) is 43.5 Å². The van der Waals surface area contributed by atoms with Crippen molar-refractivity contribution in [1.82, 2.24) is 10.6 Å². The molecule has 0 radical (unpaired) electrons. The van der Waals surface area contributed by atoms with Crippen LogP contribution in [0.5, 0.6) is 5.75 Å². The van der Waals surface area contributed by atoms with Gasteiger partial charge in [-0.25, -0.2) is 0 Å². The summed E-state index contributed by atoms with van der Waals surface area (Å²) in [5, 5.41) is 6.17. The number of aryl methyl sites for hydroxylation is 1. The van der Waals surface area contributed by atoms with E-state index in [1.807, 2.05) is 24.3 Å². The quantitative estimate of drug-likeness (QED) is 0.438. The monoisotopic (exact) mass is 450 g/mol. The van der Waals surface area contributed by atoms with Gasteiger partial charge in [-0.05, 0) is 73.4 Å². The third-order valence-electron chi connectivity index (χ3n) is 6.15. The Hall–Kier alpha value is -2.82. The van der Waals surface area contributed by atoms with Crippen molar-refractivity contribution in [2.24, 2.45) is 5.92 Å². The minimum atomic E-state index is -0.573. The number of fused-ring (bicyclic) bond motifs is 1. The second-order valence-corrected chi connectivity index (χ2v) is 9.39. The Kier molecular flexibility index (Phi) is 9.35. The Morgan fingerprint density at radius 2 is 1.82 bits per heavy atom. The number of unbranched alkanes of at least 4 members (excludes halogenated alkanes) is 2. The first-order chi connectivity index (χ1) is 16.0. The summed E-state index contributed by atoms with van der Waals surface area (Å²) in [4.78, 5) is 26.1. The summed E-state index contributed by atoms with van der Waals surface area (Å²) >= 11 is 0. The van der Waals surface area contributed by atoms with Crippen molar-refractivity contribution in [3.8, 4) is 5.75 Å². The van der Waals surface area contributed by atoms with Crippen LogP contribution in [0.3, 0.4) is 0 Å². The number of hydrogen-bond donors (Lipinski definition) is 2. The van der Waals surface area contributed by atoms with Gasteiger partial charge in [0.2, 0.25) is 5.91 Å². The lowest BCUT2D eigenvalue weighted by molar-refractivity contribution is -0.124. The number of rotatable bonds is 11. The first-order valence-corrected chi connectivity index (χ1v) is 12.4. The van der Waals surface area contributed by atoms with Crippen LogP contribution < -0.4 is 15.4 Å². The Bertz CT molecular complexity index is 908. The molecule has 0 spiro atoms. The molecular formula is C28H38N2O3. The number of ether oxygens (including phenoxy) is 1. The molecule has 0 bridgehead atoms. The molecule has 33 heavy (non-hydrogen) atoms. The topological polar surface area (TPSA) is 67.4 Å². The highest BCUT2D eigenvalue weighted by molar-refractivity contribution is 5.97.